The van der Waals surface area contributed by atoms with Gasteiger partial charge in [-0.1, -0.05) is 0 Å². The molecule has 1 aromatic heterocycles. The van der Waals surface area contributed by atoms with Gasteiger partial charge in [0.05, 0.1) is 6.20 Å². The van der Waals surface area contributed by atoms with E-state index < -0.39 is 5.91 Å². The van der Waals surface area contributed by atoms with Crippen molar-refractivity contribution in [3.05, 3.63) is 52.8 Å². The summed E-state index contributed by atoms with van der Waals surface area (Å²) in [6.45, 7) is 2.29. The van der Waals surface area contributed by atoms with Crippen LogP contribution < -0.4 is 11.1 Å². The lowest BCUT2D eigenvalue weighted by molar-refractivity contribution is 0.0948. The van der Waals surface area contributed by atoms with Crippen LogP contribution in [0.3, 0.4) is 0 Å². The first-order valence-electron chi connectivity index (χ1n) is 5.75. The Morgan fingerprint density at radius 1 is 1.26 bits per heavy atom. The van der Waals surface area contributed by atoms with Crippen molar-refractivity contribution in [2.24, 2.45) is 5.73 Å². The summed E-state index contributed by atoms with van der Waals surface area (Å²) >= 11 is 0. The zero-order valence-electron chi connectivity index (χ0n) is 10.4. The van der Waals surface area contributed by atoms with Crippen LogP contribution in [0.1, 0.15) is 32.0 Å². The fraction of sp³-hybridized carbons (Fsp3) is 0.154. The Morgan fingerprint density at radius 3 is 2.42 bits per heavy atom. The molecule has 2 rings (SSSR count). The number of nitrogens with one attached hydrogen (secondary N) is 2. The molecule has 0 unspecified atom stereocenters. The lowest BCUT2D eigenvalue weighted by Crippen LogP contribution is -2.23. The molecular formula is C13H14N4O2. The van der Waals surface area contributed by atoms with Crippen molar-refractivity contribution in [3.63, 3.8) is 0 Å². The highest BCUT2D eigenvalue weighted by atomic mass is 16.2. The number of aromatic amines is 1. The maximum Gasteiger partial charge on any atom is 0.251 e. The molecule has 0 radical (unpaired) electrons. The standard InChI is InChI=1S/C13H14N4O2/c1-8-11(7-16-17-8)6-15-13(19)10-4-2-9(3-5-10)12(14)18/h2-5,7H,6H2,1H3,(H2,14,18)(H,15,19)(H,16,17). The smallest absolute Gasteiger partial charge is 0.251 e. The first-order valence-corrected chi connectivity index (χ1v) is 5.75. The first kappa shape index (κ1) is 12.8. The molecule has 6 nitrogen and oxygen atoms in total. The number of hydrogen-bond donors (Lipinski definition) is 3. The third-order valence-corrected chi connectivity index (χ3v) is 2.81. The van der Waals surface area contributed by atoms with E-state index in [0.717, 1.165) is 11.3 Å². The van der Waals surface area contributed by atoms with Gasteiger partial charge < -0.3 is 11.1 Å². The molecule has 0 spiro atoms. The van der Waals surface area contributed by atoms with Crippen molar-refractivity contribution >= 4 is 11.8 Å². The third kappa shape index (κ3) is 2.98. The van der Waals surface area contributed by atoms with E-state index in [1.165, 1.54) is 12.1 Å². The summed E-state index contributed by atoms with van der Waals surface area (Å²) in [6.07, 6.45) is 1.67. The number of nitrogens with zero attached hydrogens (tertiary/aromatic N) is 1. The topological polar surface area (TPSA) is 101 Å². The molecule has 0 saturated carbocycles. The van der Waals surface area contributed by atoms with E-state index in [2.05, 4.69) is 15.5 Å². The monoisotopic (exact) mass is 258 g/mol. The van der Waals surface area contributed by atoms with Crippen molar-refractivity contribution in [2.75, 3.05) is 0 Å². The Balaban J connectivity index is 2.00. The summed E-state index contributed by atoms with van der Waals surface area (Å²) in [4.78, 5) is 22.8. The number of H-pyrrole nitrogens is 1. The molecule has 1 heterocycles. The van der Waals surface area contributed by atoms with E-state index in [4.69, 9.17) is 5.73 Å². The third-order valence-electron chi connectivity index (χ3n) is 2.81. The molecule has 19 heavy (non-hydrogen) atoms. The molecule has 0 saturated heterocycles. The minimum absolute atomic E-state index is 0.211. The van der Waals surface area contributed by atoms with E-state index in [0.29, 0.717) is 17.7 Å². The number of carbonyl (C=O) groups is 2. The highest BCUT2D eigenvalue weighted by molar-refractivity contribution is 5.97. The van der Waals surface area contributed by atoms with Crippen LogP contribution >= 0.6 is 0 Å². The molecule has 0 aliphatic rings. The van der Waals surface area contributed by atoms with Gasteiger partial charge in [0.2, 0.25) is 5.91 Å². The second kappa shape index (κ2) is 5.34. The molecule has 0 aliphatic heterocycles. The van der Waals surface area contributed by atoms with Crippen LogP contribution in [0.2, 0.25) is 0 Å². The van der Waals surface area contributed by atoms with Gasteiger partial charge in [0.25, 0.3) is 5.91 Å². The molecular weight excluding hydrogens is 244 g/mol. The van der Waals surface area contributed by atoms with Gasteiger partial charge in [0.1, 0.15) is 0 Å². The number of amides is 2. The quantitative estimate of drug-likeness (QED) is 0.754. The second-order valence-electron chi connectivity index (χ2n) is 4.14. The van der Waals surface area contributed by atoms with Gasteiger partial charge in [0.15, 0.2) is 0 Å². The molecule has 2 amide bonds. The van der Waals surface area contributed by atoms with Crippen molar-refractivity contribution in [3.8, 4) is 0 Å². The SMILES string of the molecule is Cc1[nH]ncc1CNC(=O)c1ccc(C(N)=O)cc1. The zero-order valence-corrected chi connectivity index (χ0v) is 10.4. The number of rotatable bonds is 4. The number of nitrogens with two attached hydrogens (primary N) is 1. The fourth-order valence-corrected chi connectivity index (χ4v) is 1.62. The number of primary amides is 1. The Hall–Kier alpha value is -2.63. The number of benzene rings is 1. The van der Waals surface area contributed by atoms with Crippen molar-refractivity contribution < 1.29 is 9.59 Å². The Morgan fingerprint density at radius 2 is 1.89 bits per heavy atom. The van der Waals surface area contributed by atoms with Crippen LogP contribution in [0.25, 0.3) is 0 Å². The molecule has 1 aromatic carbocycles. The molecule has 0 bridgehead atoms. The van der Waals surface area contributed by atoms with Crippen LogP contribution in [0.15, 0.2) is 30.5 Å². The first-order chi connectivity index (χ1) is 9.08. The minimum Gasteiger partial charge on any atom is -0.366 e. The molecule has 98 valence electrons. The Bertz CT molecular complexity index is 601. The summed E-state index contributed by atoms with van der Waals surface area (Å²) in [7, 11) is 0. The summed E-state index contributed by atoms with van der Waals surface area (Å²) < 4.78 is 0. The zero-order chi connectivity index (χ0) is 13.8. The van der Waals surface area contributed by atoms with Crippen molar-refractivity contribution in [1.29, 1.82) is 0 Å². The van der Waals surface area contributed by atoms with Gasteiger partial charge in [0, 0.05) is 28.9 Å². The highest BCUT2D eigenvalue weighted by Gasteiger charge is 2.08. The number of aryl methyl sites for hydroxylation is 1. The van der Waals surface area contributed by atoms with Crippen LogP contribution in [0, 0.1) is 6.92 Å². The predicted octanol–water partition coefficient (Wildman–Crippen LogP) is 0.747. The maximum absolute atomic E-state index is 11.9. The van der Waals surface area contributed by atoms with Gasteiger partial charge in [-0.3, -0.25) is 14.7 Å². The van der Waals surface area contributed by atoms with Gasteiger partial charge in [-0.25, -0.2) is 0 Å². The van der Waals surface area contributed by atoms with Crippen molar-refractivity contribution in [2.45, 2.75) is 13.5 Å². The van der Waals surface area contributed by atoms with Crippen LogP contribution in [0.4, 0.5) is 0 Å². The summed E-state index contributed by atoms with van der Waals surface area (Å²) in [5.74, 6) is -0.724. The second-order valence-corrected chi connectivity index (χ2v) is 4.14. The fourth-order valence-electron chi connectivity index (χ4n) is 1.62. The van der Waals surface area contributed by atoms with Gasteiger partial charge in [-0.2, -0.15) is 5.10 Å². The maximum atomic E-state index is 11.9. The van der Waals surface area contributed by atoms with E-state index in [1.807, 2.05) is 6.92 Å². The molecule has 0 fully saturated rings. The molecule has 6 heteroatoms. The lowest BCUT2D eigenvalue weighted by Gasteiger charge is -2.05. The lowest BCUT2D eigenvalue weighted by atomic mass is 10.1. The Kier molecular flexibility index (Phi) is 3.61. The van der Waals surface area contributed by atoms with E-state index >= 15 is 0 Å². The van der Waals surface area contributed by atoms with E-state index in [-0.39, 0.29) is 5.91 Å². The van der Waals surface area contributed by atoms with Gasteiger partial charge in [-0.15, -0.1) is 0 Å². The number of carbonyl (C=O) groups excluding carboxylic acids is 2. The molecule has 2 aromatic rings. The molecule has 0 atom stereocenters. The Labute approximate surface area is 110 Å². The molecule has 4 N–H and O–H groups in total. The highest BCUT2D eigenvalue weighted by Crippen LogP contribution is 2.05. The number of hydrogen-bond acceptors (Lipinski definition) is 3. The largest absolute Gasteiger partial charge is 0.366 e. The summed E-state index contributed by atoms with van der Waals surface area (Å²) in [6, 6.07) is 6.19. The van der Waals surface area contributed by atoms with E-state index in [1.54, 1.807) is 18.3 Å². The van der Waals surface area contributed by atoms with Gasteiger partial charge in [-0.05, 0) is 31.2 Å². The summed E-state index contributed by atoms with van der Waals surface area (Å²) in [5, 5.41) is 9.45. The van der Waals surface area contributed by atoms with Gasteiger partial charge >= 0.3 is 0 Å². The predicted molar refractivity (Wildman–Crippen MR) is 69.5 cm³/mol. The van der Waals surface area contributed by atoms with Crippen molar-refractivity contribution in [1.82, 2.24) is 15.5 Å². The van der Waals surface area contributed by atoms with Crippen LogP contribution in [-0.2, 0) is 6.54 Å². The van der Waals surface area contributed by atoms with Crippen LogP contribution in [0.5, 0.6) is 0 Å². The van der Waals surface area contributed by atoms with Crippen LogP contribution in [-0.4, -0.2) is 22.0 Å². The minimum atomic E-state index is -0.513. The normalized spacial score (nSPS) is 10.2. The van der Waals surface area contributed by atoms with E-state index in [9.17, 15) is 9.59 Å². The number of aromatic nitrogens is 2. The molecule has 0 aliphatic carbocycles. The average molecular weight is 258 g/mol. The average Bonchev–Trinajstić information content (AvgIpc) is 2.81. The summed E-state index contributed by atoms with van der Waals surface area (Å²) in [5.41, 5.74) is 7.84.